The summed E-state index contributed by atoms with van der Waals surface area (Å²) >= 11 is 0. The van der Waals surface area contributed by atoms with E-state index in [0.717, 1.165) is 11.3 Å². The molecule has 1 aliphatic rings. The van der Waals surface area contributed by atoms with E-state index in [1.54, 1.807) is 19.1 Å². The van der Waals surface area contributed by atoms with Gasteiger partial charge in [-0.1, -0.05) is 18.2 Å². The Morgan fingerprint density at radius 2 is 2.20 bits per heavy atom. The number of carbonyl (C=O) groups excluding carboxylic acids is 1. The van der Waals surface area contributed by atoms with Crippen molar-refractivity contribution in [3.8, 4) is 5.75 Å². The van der Waals surface area contributed by atoms with E-state index < -0.39 is 6.10 Å². The zero-order valence-electron chi connectivity index (χ0n) is 8.86. The minimum Gasteiger partial charge on any atom is -0.480 e. The summed E-state index contributed by atoms with van der Waals surface area (Å²) in [5, 5.41) is 1.62. The van der Waals surface area contributed by atoms with Crippen LogP contribution in [-0.4, -0.2) is 31.1 Å². The molecule has 1 aliphatic heterocycles. The summed E-state index contributed by atoms with van der Waals surface area (Å²) in [6, 6.07) is 7.73. The van der Waals surface area contributed by atoms with Crippen molar-refractivity contribution in [3.05, 3.63) is 29.8 Å². The van der Waals surface area contributed by atoms with Gasteiger partial charge in [0.05, 0.1) is 0 Å². The van der Waals surface area contributed by atoms with E-state index >= 15 is 0 Å². The van der Waals surface area contributed by atoms with Crippen LogP contribution in [0.4, 0.5) is 0 Å². The van der Waals surface area contributed by atoms with Crippen LogP contribution in [0.3, 0.4) is 0 Å². The SMILES string of the molecule is CN(C)NC(=O)[C@H]1Cc2ccccc2O1. The number of hydrogen-bond acceptors (Lipinski definition) is 3. The van der Waals surface area contributed by atoms with Crippen LogP contribution in [0.25, 0.3) is 0 Å². The van der Waals surface area contributed by atoms with Crippen LogP contribution < -0.4 is 10.2 Å². The summed E-state index contributed by atoms with van der Waals surface area (Å²) in [5.74, 6) is 0.715. The van der Waals surface area contributed by atoms with Gasteiger partial charge in [0.15, 0.2) is 6.10 Å². The third-order valence-corrected chi connectivity index (χ3v) is 2.27. The summed E-state index contributed by atoms with van der Waals surface area (Å²) in [6.07, 6.45) is 0.250. The third-order valence-electron chi connectivity index (χ3n) is 2.27. The molecule has 0 saturated heterocycles. The first kappa shape index (κ1) is 9.98. The zero-order chi connectivity index (χ0) is 10.8. The lowest BCUT2D eigenvalue weighted by Crippen LogP contribution is -2.44. The Morgan fingerprint density at radius 3 is 2.87 bits per heavy atom. The first-order chi connectivity index (χ1) is 7.16. The van der Waals surface area contributed by atoms with Crippen molar-refractivity contribution in [1.29, 1.82) is 0 Å². The highest BCUT2D eigenvalue weighted by molar-refractivity contribution is 5.82. The van der Waals surface area contributed by atoms with E-state index in [1.165, 1.54) is 0 Å². The fourth-order valence-electron chi connectivity index (χ4n) is 1.62. The number of para-hydroxylation sites is 1. The number of carbonyl (C=O) groups is 1. The molecule has 1 N–H and O–H groups in total. The van der Waals surface area contributed by atoms with Crippen LogP contribution >= 0.6 is 0 Å². The largest absolute Gasteiger partial charge is 0.480 e. The van der Waals surface area contributed by atoms with E-state index in [1.807, 2.05) is 24.3 Å². The standard InChI is InChI=1S/C11H14N2O2/c1-13(2)12-11(14)10-7-8-5-3-4-6-9(8)15-10/h3-6,10H,7H2,1-2H3,(H,12,14)/t10-/m1/s1. The van der Waals surface area contributed by atoms with Gasteiger partial charge in [0.25, 0.3) is 5.91 Å². The molecule has 0 bridgehead atoms. The minimum absolute atomic E-state index is 0.101. The van der Waals surface area contributed by atoms with Gasteiger partial charge in [-0.25, -0.2) is 5.01 Å². The van der Waals surface area contributed by atoms with Crippen LogP contribution in [0, 0.1) is 0 Å². The normalized spacial score (nSPS) is 18.5. The molecule has 0 aromatic heterocycles. The molecule has 1 atom stereocenters. The maximum atomic E-state index is 11.6. The van der Waals surface area contributed by atoms with Gasteiger partial charge in [0.2, 0.25) is 0 Å². The highest BCUT2D eigenvalue weighted by atomic mass is 16.5. The molecular weight excluding hydrogens is 192 g/mol. The Bertz CT molecular complexity index is 352. The number of amides is 1. The van der Waals surface area contributed by atoms with Gasteiger partial charge in [-0.2, -0.15) is 0 Å². The average molecular weight is 206 g/mol. The first-order valence-corrected chi connectivity index (χ1v) is 4.89. The highest BCUT2D eigenvalue weighted by Crippen LogP contribution is 2.27. The van der Waals surface area contributed by atoms with E-state index in [0.29, 0.717) is 6.42 Å². The van der Waals surface area contributed by atoms with E-state index in [2.05, 4.69) is 5.43 Å². The van der Waals surface area contributed by atoms with E-state index in [4.69, 9.17) is 4.74 Å². The molecule has 0 fully saturated rings. The number of fused-ring (bicyclic) bond motifs is 1. The zero-order valence-corrected chi connectivity index (χ0v) is 8.86. The predicted octanol–water partition coefficient (Wildman–Crippen LogP) is 0.583. The summed E-state index contributed by atoms with van der Waals surface area (Å²) in [4.78, 5) is 11.6. The van der Waals surface area contributed by atoms with Crippen LogP contribution in [0.1, 0.15) is 5.56 Å². The molecule has 1 aromatic rings. The topological polar surface area (TPSA) is 41.6 Å². The Kier molecular flexibility index (Phi) is 2.60. The Hall–Kier alpha value is -1.55. The van der Waals surface area contributed by atoms with E-state index in [9.17, 15) is 4.79 Å². The number of ether oxygens (including phenoxy) is 1. The average Bonchev–Trinajstić information content (AvgIpc) is 2.59. The van der Waals surface area contributed by atoms with Gasteiger partial charge < -0.3 is 4.74 Å². The van der Waals surface area contributed by atoms with Crippen molar-refractivity contribution in [2.75, 3.05) is 14.1 Å². The molecule has 1 amide bonds. The molecule has 4 heteroatoms. The molecule has 15 heavy (non-hydrogen) atoms. The highest BCUT2D eigenvalue weighted by Gasteiger charge is 2.28. The second-order valence-corrected chi connectivity index (χ2v) is 3.79. The molecule has 1 aromatic carbocycles. The summed E-state index contributed by atoms with van der Waals surface area (Å²) in [6.45, 7) is 0. The summed E-state index contributed by atoms with van der Waals surface area (Å²) in [5.41, 5.74) is 3.78. The second kappa shape index (κ2) is 3.90. The lowest BCUT2D eigenvalue weighted by molar-refractivity contribution is -0.131. The first-order valence-electron chi connectivity index (χ1n) is 4.89. The maximum Gasteiger partial charge on any atom is 0.275 e. The third kappa shape index (κ3) is 2.10. The van der Waals surface area contributed by atoms with Crippen LogP contribution in [0.15, 0.2) is 24.3 Å². The van der Waals surface area contributed by atoms with Crippen molar-refractivity contribution < 1.29 is 9.53 Å². The van der Waals surface area contributed by atoms with Gasteiger partial charge in [-0.05, 0) is 11.6 Å². The number of hydrazine groups is 1. The van der Waals surface area contributed by atoms with Crippen molar-refractivity contribution in [2.24, 2.45) is 0 Å². The van der Waals surface area contributed by atoms with Crippen LogP contribution in [0.2, 0.25) is 0 Å². The molecule has 1 heterocycles. The van der Waals surface area contributed by atoms with Crippen molar-refractivity contribution >= 4 is 5.91 Å². The summed E-state index contributed by atoms with van der Waals surface area (Å²) in [7, 11) is 3.56. The smallest absolute Gasteiger partial charge is 0.275 e. The molecule has 4 nitrogen and oxygen atoms in total. The number of benzene rings is 1. The predicted molar refractivity (Wildman–Crippen MR) is 56.4 cm³/mol. The lowest BCUT2D eigenvalue weighted by atomic mass is 10.1. The fourth-order valence-corrected chi connectivity index (χ4v) is 1.62. The fraction of sp³-hybridized carbons (Fsp3) is 0.364. The second-order valence-electron chi connectivity index (χ2n) is 3.79. The molecule has 0 spiro atoms. The summed E-state index contributed by atoms with van der Waals surface area (Å²) < 4.78 is 5.53. The van der Waals surface area contributed by atoms with Crippen molar-refractivity contribution in [1.82, 2.24) is 10.4 Å². The van der Waals surface area contributed by atoms with Gasteiger partial charge in [-0.3, -0.25) is 10.2 Å². The Balaban J connectivity index is 2.04. The van der Waals surface area contributed by atoms with E-state index in [-0.39, 0.29) is 5.91 Å². The molecule has 0 aliphatic carbocycles. The molecule has 0 radical (unpaired) electrons. The Labute approximate surface area is 88.8 Å². The molecule has 80 valence electrons. The molecule has 2 rings (SSSR count). The van der Waals surface area contributed by atoms with Crippen molar-refractivity contribution in [3.63, 3.8) is 0 Å². The van der Waals surface area contributed by atoms with Gasteiger partial charge >= 0.3 is 0 Å². The van der Waals surface area contributed by atoms with Gasteiger partial charge in [0.1, 0.15) is 5.75 Å². The number of nitrogens with one attached hydrogen (secondary N) is 1. The lowest BCUT2D eigenvalue weighted by Gasteiger charge is -2.15. The minimum atomic E-state index is -0.398. The number of hydrogen-bond donors (Lipinski definition) is 1. The van der Waals surface area contributed by atoms with Gasteiger partial charge in [0, 0.05) is 20.5 Å². The quantitative estimate of drug-likeness (QED) is 0.720. The van der Waals surface area contributed by atoms with Gasteiger partial charge in [-0.15, -0.1) is 0 Å². The molecule has 0 unspecified atom stereocenters. The van der Waals surface area contributed by atoms with Crippen molar-refractivity contribution in [2.45, 2.75) is 12.5 Å². The number of nitrogens with zero attached hydrogens (tertiary/aromatic N) is 1. The molecular formula is C11H14N2O2. The number of rotatable bonds is 2. The van der Waals surface area contributed by atoms with Crippen LogP contribution in [-0.2, 0) is 11.2 Å². The van der Waals surface area contributed by atoms with Crippen LogP contribution in [0.5, 0.6) is 5.75 Å². The Morgan fingerprint density at radius 1 is 1.47 bits per heavy atom. The monoisotopic (exact) mass is 206 g/mol. The molecule has 0 saturated carbocycles. The maximum absolute atomic E-state index is 11.6.